The second-order valence-electron chi connectivity index (χ2n) is 15.2. The van der Waals surface area contributed by atoms with Crippen LogP contribution >= 0.6 is 0 Å². The quantitative estimate of drug-likeness (QED) is 0.0271. The normalized spacial score (nSPS) is 13.3. The maximum absolute atomic E-state index is 12.7. The summed E-state index contributed by atoms with van der Waals surface area (Å²) in [4.78, 5) is 36.7. The fourth-order valence-electron chi connectivity index (χ4n) is 5.92. The van der Waals surface area contributed by atoms with Gasteiger partial charge in [-0.25, -0.2) is 0 Å². The molecule has 0 aliphatic rings. The lowest BCUT2D eigenvalue weighted by Gasteiger charge is -2.34. The van der Waals surface area contributed by atoms with Crippen molar-refractivity contribution in [1.82, 2.24) is 0 Å². The first-order valence-electron chi connectivity index (χ1n) is 21.0. The van der Waals surface area contributed by atoms with Crippen molar-refractivity contribution in [2.24, 2.45) is 0 Å². The number of carbonyl (C=O) groups excluding carboxylic acids is 3. The molecule has 0 aromatic rings. The van der Waals surface area contributed by atoms with Crippen molar-refractivity contribution in [3.63, 3.8) is 0 Å². The van der Waals surface area contributed by atoms with Crippen LogP contribution in [0.5, 0.6) is 0 Å². The number of unbranched alkanes of at least 4 members (excludes halogenated alkanes) is 17. The van der Waals surface area contributed by atoms with E-state index in [2.05, 4.69) is 50.3 Å². The molecule has 0 amide bonds. The van der Waals surface area contributed by atoms with Crippen LogP contribution in [-0.2, 0) is 28.6 Å². The summed E-state index contributed by atoms with van der Waals surface area (Å²) in [6.07, 6.45) is 38.7. The highest BCUT2D eigenvalue weighted by Crippen LogP contribution is 2.13. The number of carbonyl (C=O) groups is 3. The van der Waals surface area contributed by atoms with Crippen molar-refractivity contribution >= 4 is 17.9 Å². The molecule has 0 spiro atoms. The summed E-state index contributed by atoms with van der Waals surface area (Å²) in [5.74, 6) is -1.76. The molecule has 0 N–H and O–H groups in total. The van der Waals surface area contributed by atoms with Crippen molar-refractivity contribution in [2.45, 2.75) is 187 Å². The molecule has 0 heterocycles. The highest BCUT2D eigenvalue weighted by atomic mass is 16.6. The van der Waals surface area contributed by atoms with Gasteiger partial charge in [-0.3, -0.25) is 9.59 Å². The van der Waals surface area contributed by atoms with Gasteiger partial charge in [-0.15, -0.1) is 0 Å². The number of aliphatic carboxylic acids is 1. The third-order valence-corrected chi connectivity index (χ3v) is 9.25. The third-order valence-electron chi connectivity index (χ3n) is 9.25. The first kappa shape index (κ1) is 49.6. The van der Waals surface area contributed by atoms with Gasteiger partial charge >= 0.3 is 11.9 Å². The van der Waals surface area contributed by atoms with E-state index in [1.807, 2.05) is 0 Å². The number of ether oxygens (including phenoxy) is 3. The molecule has 0 aromatic heterocycles. The van der Waals surface area contributed by atoms with Gasteiger partial charge < -0.3 is 28.6 Å². The molecule has 0 aromatic carbocycles. The molecule has 0 aliphatic carbocycles. The average Bonchev–Trinajstić information content (AvgIpc) is 3.09. The number of allylic oxidation sites excluding steroid dienone is 6. The molecule has 2 unspecified atom stereocenters. The largest absolute Gasteiger partial charge is 0.544 e. The van der Waals surface area contributed by atoms with Crippen LogP contribution in [0.4, 0.5) is 0 Å². The maximum atomic E-state index is 12.7. The first-order valence-corrected chi connectivity index (χ1v) is 21.0. The standard InChI is InChI=1S/C44H79NO7/c1-6-8-10-12-14-16-18-20-21-23-25-27-29-31-33-35-43(47)52-40(38-50-37-36-41(44(48)49)45(3,4)5)39-51-42(46)34-32-30-28-26-24-22-19-17-15-13-11-9-7-2/h14,16-17,19-21,40-41H,6-13,15,18,22-39H2,1-5H3/b16-14-,19-17-,21-20-. The highest BCUT2D eigenvalue weighted by molar-refractivity contribution is 5.70. The summed E-state index contributed by atoms with van der Waals surface area (Å²) < 4.78 is 17.1. The molecule has 0 saturated carbocycles. The van der Waals surface area contributed by atoms with E-state index in [1.165, 1.54) is 64.2 Å². The Hall–Kier alpha value is -2.45. The van der Waals surface area contributed by atoms with E-state index in [9.17, 15) is 19.5 Å². The smallest absolute Gasteiger partial charge is 0.306 e. The fourth-order valence-corrected chi connectivity index (χ4v) is 5.92. The number of rotatable bonds is 37. The fraction of sp³-hybridized carbons (Fsp3) is 0.795. The highest BCUT2D eigenvalue weighted by Gasteiger charge is 2.25. The van der Waals surface area contributed by atoms with E-state index in [-0.39, 0.29) is 42.7 Å². The molecule has 0 fully saturated rings. The number of likely N-dealkylation sites (N-methyl/N-ethyl adjacent to an activating group) is 1. The number of hydrogen-bond donors (Lipinski definition) is 0. The molecule has 302 valence electrons. The molecule has 52 heavy (non-hydrogen) atoms. The Morgan fingerprint density at radius 3 is 1.54 bits per heavy atom. The lowest BCUT2D eigenvalue weighted by Crippen LogP contribution is -2.55. The van der Waals surface area contributed by atoms with Crippen LogP contribution in [0.3, 0.4) is 0 Å². The van der Waals surface area contributed by atoms with Gasteiger partial charge in [-0.2, -0.15) is 0 Å². The second-order valence-corrected chi connectivity index (χ2v) is 15.2. The number of carboxylic acid groups (broad SMARTS) is 1. The van der Waals surface area contributed by atoms with Crippen LogP contribution < -0.4 is 5.11 Å². The van der Waals surface area contributed by atoms with Gasteiger partial charge in [-0.1, -0.05) is 121 Å². The minimum atomic E-state index is -1.13. The van der Waals surface area contributed by atoms with Crippen molar-refractivity contribution in [1.29, 1.82) is 0 Å². The second kappa shape index (κ2) is 35.6. The van der Waals surface area contributed by atoms with E-state index < -0.39 is 18.1 Å². The van der Waals surface area contributed by atoms with Gasteiger partial charge in [0.1, 0.15) is 12.6 Å². The van der Waals surface area contributed by atoms with E-state index in [1.54, 1.807) is 21.1 Å². The van der Waals surface area contributed by atoms with Gasteiger partial charge in [0.05, 0.1) is 40.3 Å². The number of esters is 2. The lowest BCUT2D eigenvalue weighted by molar-refractivity contribution is -0.889. The van der Waals surface area contributed by atoms with Crippen molar-refractivity contribution in [3.05, 3.63) is 36.5 Å². The van der Waals surface area contributed by atoms with Gasteiger partial charge in [-0.05, 0) is 70.6 Å². The van der Waals surface area contributed by atoms with Gasteiger partial charge in [0.15, 0.2) is 6.10 Å². The summed E-state index contributed by atoms with van der Waals surface area (Å²) in [6, 6.07) is -0.728. The maximum Gasteiger partial charge on any atom is 0.306 e. The summed E-state index contributed by atoms with van der Waals surface area (Å²) >= 11 is 0. The monoisotopic (exact) mass is 734 g/mol. The van der Waals surface area contributed by atoms with Crippen LogP contribution in [0.1, 0.15) is 174 Å². The number of nitrogens with zero attached hydrogens (tertiary/aromatic N) is 1. The average molecular weight is 734 g/mol. The van der Waals surface area contributed by atoms with E-state index in [0.29, 0.717) is 12.8 Å². The first-order chi connectivity index (χ1) is 25.1. The Labute approximate surface area is 319 Å². The number of quaternary nitrogens is 1. The summed E-state index contributed by atoms with van der Waals surface area (Å²) in [6.45, 7) is 4.59. The van der Waals surface area contributed by atoms with Crippen LogP contribution in [0, 0.1) is 0 Å². The zero-order valence-corrected chi connectivity index (χ0v) is 34.2. The van der Waals surface area contributed by atoms with Crippen LogP contribution in [0.15, 0.2) is 36.5 Å². The van der Waals surface area contributed by atoms with Crippen molar-refractivity contribution in [2.75, 3.05) is 41.0 Å². The Bertz CT molecular complexity index is 953. The van der Waals surface area contributed by atoms with Crippen LogP contribution in [0.25, 0.3) is 0 Å². The van der Waals surface area contributed by atoms with Crippen molar-refractivity contribution in [3.8, 4) is 0 Å². The van der Waals surface area contributed by atoms with Gasteiger partial charge in [0, 0.05) is 19.3 Å². The minimum Gasteiger partial charge on any atom is -0.544 e. The summed E-state index contributed by atoms with van der Waals surface area (Å²) in [7, 11) is 5.39. The van der Waals surface area contributed by atoms with E-state index >= 15 is 0 Å². The van der Waals surface area contributed by atoms with Crippen molar-refractivity contribution < 1.29 is 38.2 Å². The van der Waals surface area contributed by atoms with Gasteiger partial charge in [0.25, 0.3) is 0 Å². The molecule has 8 heteroatoms. The molecule has 0 saturated heterocycles. The third kappa shape index (κ3) is 33.4. The minimum absolute atomic E-state index is 0.0330. The molecule has 0 radical (unpaired) electrons. The molecule has 0 aliphatic heterocycles. The Morgan fingerprint density at radius 2 is 1.02 bits per heavy atom. The number of carboxylic acids is 1. The van der Waals surface area contributed by atoms with E-state index in [4.69, 9.17) is 14.2 Å². The molecule has 0 rings (SSSR count). The predicted molar refractivity (Wildman–Crippen MR) is 213 cm³/mol. The van der Waals surface area contributed by atoms with E-state index in [0.717, 1.165) is 77.0 Å². The Kier molecular flexibility index (Phi) is 33.9. The number of hydrogen-bond acceptors (Lipinski definition) is 7. The molecule has 8 nitrogen and oxygen atoms in total. The Balaban J connectivity index is 4.42. The Morgan fingerprint density at radius 1 is 0.577 bits per heavy atom. The zero-order chi connectivity index (χ0) is 38.5. The molecule has 0 bridgehead atoms. The topological polar surface area (TPSA) is 102 Å². The van der Waals surface area contributed by atoms with Crippen LogP contribution in [0.2, 0.25) is 0 Å². The van der Waals surface area contributed by atoms with Gasteiger partial charge in [0.2, 0.25) is 0 Å². The predicted octanol–water partition coefficient (Wildman–Crippen LogP) is 9.74. The molecular formula is C44H79NO7. The lowest BCUT2D eigenvalue weighted by atomic mass is 10.1. The summed E-state index contributed by atoms with van der Waals surface area (Å²) in [5.41, 5.74) is 0. The summed E-state index contributed by atoms with van der Waals surface area (Å²) in [5, 5.41) is 11.6. The zero-order valence-electron chi connectivity index (χ0n) is 34.2. The SMILES string of the molecule is CCCCC/C=C\C/C=C\CCCCCCCC(=O)OC(COCCC(C(=O)[O-])[N+](C)(C)C)COC(=O)CCCCCCC/C=C\CCCCCC. The molecular weight excluding hydrogens is 654 g/mol. The van der Waals surface area contributed by atoms with Crippen LogP contribution in [-0.4, -0.2) is 75.5 Å². The molecule has 2 atom stereocenters.